The first-order valence-electron chi connectivity index (χ1n) is 4.15. The van der Waals surface area contributed by atoms with Crippen molar-refractivity contribution in [2.45, 2.75) is 39.0 Å². The van der Waals surface area contributed by atoms with Crippen LogP contribution in [0.15, 0.2) is 0 Å². The van der Waals surface area contributed by atoms with Crippen LogP contribution in [0.2, 0.25) is 0 Å². The minimum atomic E-state index is -4.92. The number of aliphatic carboxylic acids is 1. The summed E-state index contributed by atoms with van der Waals surface area (Å²) in [5.41, 5.74) is 0. The molecule has 8 heteroatoms. The van der Waals surface area contributed by atoms with Crippen molar-refractivity contribution < 1.29 is 27.4 Å². The van der Waals surface area contributed by atoms with Gasteiger partial charge in [0.15, 0.2) is 0 Å². The van der Waals surface area contributed by atoms with Crippen molar-refractivity contribution in [1.82, 2.24) is 0 Å². The van der Waals surface area contributed by atoms with Gasteiger partial charge in [0.05, 0.1) is 0 Å². The Morgan fingerprint density at radius 2 is 1.67 bits per heavy atom. The molecule has 0 aromatic rings. The molecule has 0 heterocycles. The number of carbonyl (C=O) groups excluding carboxylic acids is 1. The van der Waals surface area contributed by atoms with Gasteiger partial charge in [-0.3, -0.25) is 4.55 Å². The molecule has 0 aliphatic heterocycles. The van der Waals surface area contributed by atoms with E-state index in [1.165, 1.54) is 0 Å². The Bertz CT molecular complexity index is 230. The Balaban J connectivity index is -0.000000208. The average Bonchev–Trinajstić information content (AvgIpc) is 1.94. The van der Waals surface area contributed by atoms with Crippen LogP contribution in [-0.4, -0.2) is 46.5 Å². The van der Waals surface area contributed by atoms with E-state index in [0.29, 0.717) is 0 Å². The predicted octanol–water partition coefficient (Wildman–Crippen LogP) is -0.669. The van der Waals surface area contributed by atoms with Gasteiger partial charge in [0.2, 0.25) is 10.4 Å². The van der Waals surface area contributed by atoms with Gasteiger partial charge in [-0.2, -0.15) is 0 Å². The van der Waals surface area contributed by atoms with Gasteiger partial charge in [-0.25, -0.2) is 8.42 Å². The van der Waals surface area contributed by atoms with E-state index in [4.69, 9.17) is 17.5 Å². The number of hydrogen-bond acceptors (Lipinski definition) is 5. The molecule has 0 amide bonds. The zero-order valence-corrected chi connectivity index (χ0v) is 10.9. The zero-order chi connectivity index (χ0) is 11.6. The number of unbranched alkanes of at least 4 members (excludes halogenated alkanes) is 3. The summed E-state index contributed by atoms with van der Waals surface area (Å²) in [6.45, 7) is 2.10. The van der Waals surface area contributed by atoms with E-state index in [9.17, 15) is 9.90 Å². The van der Waals surface area contributed by atoms with Crippen LogP contribution in [0.25, 0.3) is 0 Å². The molecule has 1 N–H and O–H groups in total. The first kappa shape index (κ1) is 20.5. The molecular formula is C7H14MgO6S. The van der Waals surface area contributed by atoms with E-state index in [-0.39, 0.29) is 29.5 Å². The van der Waals surface area contributed by atoms with Gasteiger partial charge in [-0.1, -0.05) is 26.2 Å². The second-order valence-electron chi connectivity index (χ2n) is 2.61. The minimum absolute atomic E-state index is 0. The molecule has 0 saturated heterocycles. The topological polar surface area (TPSA) is 118 Å². The summed E-state index contributed by atoms with van der Waals surface area (Å²) in [5.74, 6) is -0.925. The van der Waals surface area contributed by atoms with Crippen molar-refractivity contribution in [1.29, 1.82) is 0 Å². The fourth-order valence-corrected chi connectivity index (χ4v) is 0.696. The van der Waals surface area contributed by atoms with Crippen LogP contribution in [0.3, 0.4) is 0 Å². The predicted molar refractivity (Wildman–Crippen MR) is 51.8 cm³/mol. The summed E-state index contributed by atoms with van der Waals surface area (Å²) in [6, 6.07) is 0. The molecule has 86 valence electrons. The van der Waals surface area contributed by atoms with Crippen molar-refractivity contribution in [2.75, 3.05) is 0 Å². The first-order chi connectivity index (χ1) is 6.27. The maximum Gasteiger partial charge on any atom is 2.00 e. The minimum Gasteiger partial charge on any atom is -0.726 e. The normalized spacial score (nSPS) is 9.53. The standard InChI is InChI=1S/C7H14O2.Mg.H2O4S/c1-2-3-4-5-6-7(8)9;;1-5(2,3)4/h2-6H2,1H3,(H,8,9);;(H2,1,2,3,4)/q;+2;/p-2. The molecule has 0 rings (SSSR count). The van der Waals surface area contributed by atoms with E-state index < -0.39 is 16.4 Å². The molecule has 0 saturated carbocycles. The third-order valence-corrected chi connectivity index (χ3v) is 1.23. The summed E-state index contributed by atoms with van der Waals surface area (Å²) < 4.78 is 32.8. The summed E-state index contributed by atoms with van der Waals surface area (Å²) in [4.78, 5) is 9.85. The number of carbonyl (C=O) groups is 1. The zero-order valence-electron chi connectivity index (χ0n) is 8.64. The van der Waals surface area contributed by atoms with Crippen molar-refractivity contribution in [3.63, 3.8) is 0 Å². The van der Waals surface area contributed by atoms with Crippen molar-refractivity contribution >= 4 is 39.4 Å². The molecule has 0 unspecified atom stereocenters. The molecule has 0 aromatic carbocycles. The molecule has 0 aliphatic carbocycles. The smallest absolute Gasteiger partial charge is 0.726 e. The van der Waals surface area contributed by atoms with Gasteiger partial charge in [-0.05, 0) is 12.8 Å². The molecule has 15 heavy (non-hydrogen) atoms. The van der Waals surface area contributed by atoms with Gasteiger partial charge < -0.3 is 14.5 Å². The van der Waals surface area contributed by atoms with Crippen molar-refractivity contribution in [3.8, 4) is 0 Å². The van der Waals surface area contributed by atoms with E-state index >= 15 is 0 Å². The number of carboxylic acid groups (broad SMARTS) is 1. The van der Waals surface area contributed by atoms with Crippen molar-refractivity contribution in [2.24, 2.45) is 0 Å². The summed E-state index contributed by atoms with van der Waals surface area (Å²) in [7, 11) is -4.92. The maximum atomic E-state index is 9.85. The van der Waals surface area contributed by atoms with Crippen molar-refractivity contribution in [3.05, 3.63) is 0 Å². The Labute approximate surface area is 106 Å². The number of rotatable bonds is 5. The van der Waals surface area contributed by atoms with Crippen LogP contribution >= 0.6 is 0 Å². The third kappa shape index (κ3) is 55.4. The Kier molecular flexibility index (Phi) is 16.6. The Morgan fingerprint density at radius 3 is 1.93 bits per heavy atom. The number of hydrogen-bond donors (Lipinski definition) is 1. The second kappa shape index (κ2) is 12.2. The maximum absolute atomic E-state index is 9.85. The van der Waals surface area contributed by atoms with Crippen LogP contribution in [-0.2, 0) is 15.2 Å². The first-order valence-corrected chi connectivity index (χ1v) is 5.52. The Morgan fingerprint density at radius 1 is 1.27 bits per heavy atom. The van der Waals surface area contributed by atoms with Crippen LogP contribution in [0.4, 0.5) is 0 Å². The number of carboxylic acids is 1. The molecule has 0 aliphatic rings. The molecule has 0 radical (unpaired) electrons. The van der Waals surface area contributed by atoms with Gasteiger partial charge >= 0.3 is 23.1 Å². The van der Waals surface area contributed by atoms with Crippen LogP contribution in [0.5, 0.6) is 0 Å². The van der Waals surface area contributed by atoms with E-state index in [1.807, 2.05) is 0 Å². The third-order valence-electron chi connectivity index (χ3n) is 1.23. The summed E-state index contributed by atoms with van der Waals surface area (Å²) in [6.07, 6.45) is 4.29. The van der Waals surface area contributed by atoms with Gasteiger partial charge in [0, 0.05) is 5.97 Å². The molecule has 0 bridgehead atoms. The van der Waals surface area contributed by atoms with Crippen LogP contribution in [0, 0.1) is 0 Å². The summed E-state index contributed by atoms with van der Waals surface area (Å²) in [5, 5.41) is 9.85. The SMILES string of the molecule is CCCCCCC(=O)[O-].O=S(=O)([O-])O.[Mg+2]. The van der Waals surface area contributed by atoms with Crippen LogP contribution < -0.4 is 5.11 Å². The van der Waals surface area contributed by atoms with Gasteiger partial charge in [-0.15, -0.1) is 0 Å². The monoisotopic (exact) mass is 250 g/mol. The fraction of sp³-hybridized carbons (Fsp3) is 0.857. The quantitative estimate of drug-likeness (QED) is 0.299. The van der Waals surface area contributed by atoms with Gasteiger partial charge in [0.25, 0.3) is 0 Å². The van der Waals surface area contributed by atoms with E-state index in [2.05, 4.69) is 6.92 Å². The molecule has 0 atom stereocenters. The molecule has 0 spiro atoms. The molecule has 0 aromatic heterocycles. The van der Waals surface area contributed by atoms with Gasteiger partial charge in [0.1, 0.15) is 0 Å². The summed E-state index contributed by atoms with van der Waals surface area (Å²) >= 11 is 0. The average molecular weight is 251 g/mol. The van der Waals surface area contributed by atoms with E-state index in [0.717, 1.165) is 25.7 Å². The largest absolute Gasteiger partial charge is 2.00 e. The second-order valence-corrected chi connectivity index (χ2v) is 3.47. The molecular weight excluding hydrogens is 236 g/mol. The van der Waals surface area contributed by atoms with E-state index in [1.54, 1.807) is 0 Å². The van der Waals surface area contributed by atoms with Crippen LogP contribution in [0.1, 0.15) is 39.0 Å². The fourth-order valence-electron chi connectivity index (χ4n) is 0.696. The molecule has 0 fully saturated rings. The Hall–Kier alpha value is 0.106. The molecule has 6 nitrogen and oxygen atoms in total.